The van der Waals surface area contributed by atoms with E-state index < -0.39 is 0 Å². The highest BCUT2D eigenvalue weighted by molar-refractivity contribution is 6.00. The largest absolute Gasteiger partial charge is 0.329 e. The predicted octanol–water partition coefficient (Wildman–Crippen LogP) is 2.75. The first-order valence-electron chi connectivity index (χ1n) is 8.26. The highest BCUT2D eigenvalue weighted by Gasteiger charge is 2.38. The van der Waals surface area contributed by atoms with Gasteiger partial charge in [0.1, 0.15) is 6.04 Å². The van der Waals surface area contributed by atoms with Gasteiger partial charge in [-0.15, -0.1) is 0 Å². The second kappa shape index (κ2) is 6.11. The van der Waals surface area contributed by atoms with Gasteiger partial charge < -0.3 is 9.80 Å². The fourth-order valence-corrected chi connectivity index (χ4v) is 3.63. The van der Waals surface area contributed by atoms with Crippen molar-refractivity contribution in [2.24, 2.45) is 5.92 Å². The number of rotatable bonds is 2. The summed E-state index contributed by atoms with van der Waals surface area (Å²) in [6.07, 6.45) is 4.25. The molecule has 2 amide bonds. The summed E-state index contributed by atoms with van der Waals surface area (Å²) in [5.74, 6) is 0.353. The Labute approximate surface area is 132 Å². The number of hydrogen-bond acceptors (Lipinski definition) is 2. The molecule has 1 heterocycles. The third-order valence-corrected chi connectivity index (χ3v) is 4.96. The van der Waals surface area contributed by atoms with Crippen LogP contribution < -0.4 is 4.90 Å². The van der Waals surface area contributed by atoms with Crippen LogP contribution in [0.25, 0.3) is 0 Å². The van der Waals surface area contributed by atoms with Gasteiger partial charge in [-0.2, -0.15) is 0 Å². The lowest BCUT2D eigenvalue weighted by Crippen LogP contribution is -2.58. The van der Waals surface area contributed by atoms with Crippen molar-refractivity contribution in [2.45, 2.75) is 45.6 Å². The van der Waals surface area contributed by atoms with E-state index in [4.69, 9.17) is 0 Å². The van der Waals surface area contributed by atoms with E-state index in [9.17, 15) is 9.59 Å². The Balaban J connectivity index is 1.74. The van der Waals surface area contributed by atoms with E-state index >= 15 is 0 Å². The van der Waals surface area contributed by atoms with Gasteiger partial charge in [0.2, 0.25) is 11.8 Å². The number of nitrogens with zero attached hydrogens (tertiary/aromatic N) is 2. The first-order valence-corrected chi connectivity index (χ1v) is 8.26. The number of aryl methyl sites for hydroxylation is 1. The molecule has 1 aliphatic carbocycles. The molecule has 0 radical (unpaired) electrons. The number of carbonyl (C=O) groups excluding carboxylic acids is 2. The van der Waals surface area contributed by atoms with Crippen molar-refractivity contribution in [1.82, 2.24) is 4.90 Å². The van der Waals surface area contributed by atoms with Crippen molar-refractivity contribution in [3.05, 3.63) is 29.8 Å². The Bertz CT molecular complexity index is 578. The minimum atomic E-state index is -0.359. The standard InChI is InChI=1S/C18H24N2O2/c1-13-6-5-9-16(12-13)20-11-10-19(14(2)17(20)21)18(22)15-7-3-4-8-15/h5-6,9,12,14-15H,3-4,7-8,10-11H2,1-2H3. The van der Waals surface area contributed by atoms with Crippen LogP contribution in [0.2, 0.25) is 0 Å². The van der Waals surface area contributed by atoms with E-state index in [2.05, 4.69) is 0 Å². The molecule has 1 saturated heterocycles. The molecule has 1 aromatic rings. The molecule has 2 fully saturated rings. The summed E-state index contributed by atoms with van der Waals surface area (Å²) in [6, 6.07) is 7.63. The van der Waals surface area contributed by atoms with E-state index in [-0.39, 0.29) is 23.8 Å². The summed E-state index contributed by atoms with van der Waals surface area (Å²) < 4.78 is 0. The number of anilines is 1. The van der Waals surface area contributed by atoms with E-state index in [0.29, 0.717) is 13.1 Å². The fraction of sp³-hybridized carbons (Fsp3) is 0.556. The Morgan fingerprint density at radius 1 is 1.18 bits per heavy atom. The van der Waals surface area contributed by atoms with Crippen molar-refractivity contribution in [1.29, 1.82) is 0 Å². The molecule has 2 aliphatic rings. The van der Waals surface area contributed by atoms with Crippen LogP contribution in [0, 0.1) is 12.8 Å². The molecule has 22 heavy (non-hydrogen) atoms. The summed E-state index contributed by atoms with van der Waals surface area (Å²) in [6.45, 7) is 5.11. The molecular formula is C18H24N2O2. The maximum Gasteiger partial charge on any atom is 0.249 e. The smallest absolute Gasteiger partial charge is 0.249 e. The van der Waals surface area contributed by atoms with Crippen LogP contribution in [0.15, 0.2) is 24.3 Å². The lowest BCUT2D eigenvalue weighted by Gasteiger charge is -2.40. The van der Waals surface area contributed by atoms with Gasteiger partial charge in [0.05, 0.1) is 0 Å². The molecule has 4 nitrogen and oxygen atoms in total. The first kappa shape index (κ1) is 15.1. The summed E-state index contributed by atoms with van der Waals surface area (Å²) >= 11 is 0. The topological polar surface area (TPSA) is 40.6 Å². The van der Waals surface area contributed by atoms with Crippen molar-refractivity contribution < 1.29 is 9.59 Å². The van der Waals surface area contributed by atoms with Gasteiger partial charge in [0.15, 0.2) is 0 Å². The third kappa shape index (κ3) is 2.74. The van der Waals surface area contributed by atoms with Gasteiger partial charge in [-0.05, 0) is 44.4 Å². The van der Waals surface area contributed by atoms with Gasteiger partial charge in [-0.25, -0.2) is 0 Å². The summed E-state index contributed by atoms with van der Waals surface area (Å²) in [4.78, 5) is 28.9. The van der Waals surface area contributed by atoms with Crippen molar-refractivity contribution in [2.75, 3.05) is 18.0 Å². The number of carbonyl (C=O) groups is 2. The fourth-order valence-electron chi connectivity index (χ4n) is 3.63. The molecular weight excluding hydrogens is 276 g/mol. The molecule has 0 aromatic heterocycles. The minimum Gasteiger partial charge on any atom is -0.329 e. The quantitative estimate of drug-likeness (QED) is 0.842. The van der Waals surface area contributed by atoms with Crippen molar-refractivity contribution in [3.63, 3.8) is 0 Å². The van der Waals surface area contributed by atoms with E-state index in [1.54, 1.807) is 4.90 Å². The molecule has 0 spiro atoms. The minimum absolute atomic E-state index is 0.0307. The lowest BCUT2D eigenvalue weighted by atomic mass is 10.0. The van der Waals surface area contributed by atoms with Crippen LogP contribution >= 0.6 is 0 Å². The molecule has 1 aliphatic heterocycles. The highest BCUT2D eigenvalue weighted by atomic mass is 16.2. The summed E-state index contributed by atoms with van der Waals surface area (Å²) in [7, 11) is 0. The summed E-state index contributed by atoms with van der Waals surface area (Å²) in [5, 5.41) is 0. The van der Waals surface area contributed by atoms with Crippen molar-refractivity contribution >= 4 is 17.5 Å². The predicted molar refractivity (Wildman–Crippen MR) is 86.7 cm³/mol. The van der Waals surface area contributed by atoms with Crippen LogP contribution in [0.1, 0.15) is 38.2 Å². The lowest BCUT2D eigenvalue weighted by molar-refractivity contribution is -0.143. The molecule has 1 saturated carbocycles. The number of piperazine rings is 1. The van der Waals surface area contributed by atoms with Crippen LogP contribution in [-0.4, -0.2) is 35.8 Å². The van der Waals surface area contributed by atoms with Gasteiger partial charge in [0, 0.05) is 24.7 Å². The highest BCUT2D eigenvalue weighted by Crippen LogP contribution is 2.29. The van der Waals surface area contributed by atoms with Gasteiger partial charge in [-0.3, -0.25) is 9.59 Å². The number of benzene rings is 1. The van der Waals surface area contributed by atoms with Crippen LogP contribution in [0.5, 0.6) is 0 Å². The summed E-state index contributed by atoms with van der Waals surface area (Å²) in [5.41, 5.74) is 2.08. The zero-order chi connectivity index (χ0) is 15.7. The average Bonchev–Trinajstić information content (AvgIpc) is 3.03. The van der Waals surface area contributed by atoms with E-state index in [1.165, 1.54) is 0 Å². The maximum atomic E-state index is 12.7. The Morgan fingerprint density at radius 3 is 2.59 bits per heavy atom. The maximum absolute atomic E-state index is 12.7. The Morgan fingerprint density at radius 2 is 1.91 bits per heavy atom. The van der Waals surface area contributed by atoms with Gasteiger partial charge >= 0.3 is 0 Å². The molecule has 0 N–H and O–H groups in total. The van der Waals surface area contributed by atoms with Gasteiger partial charge in [0.25, 0.3) is 0 Å². The second-order valence-corrected chi connectivity index (χ2v) is 6.52. The van der Waals surface area contributed by atoms with Crippen LogP contribution in [-0.2, 0) is 9.59 Å². The van der Waals surface area contributed by atoms with Gasteiger partial charge in [-0.1, -0.05) is 25.0 Å². The molecule has 1 atom stereocenters. The van der Waals surface area contributed by atoms with Crippen LogP contribution in [0.4, 0.5) is 5.69 Å². The monoisotopic (exact) mass is 300 g/mol. The Kier molecular flexibility index (Phi) is 4.19. The molecule has 4 heteroatoms. The molecule has 118 valence electrons. The first-order chi connectivity index (χ1) is 10.6. The Hall–Kier alpha value is -1.84. The van der Waals surface area contributed by atoms with E-state index in [0.717, 1.165) is 36.9 Å². The normalized spacial score (nSPS) is 23.2. The SMILES string of the molecule is Cc1cccc(N2CCN(C(=O)C3CCCC3)C(C)C2=O)c1. The zero-order valence-electron chi connectivity index (χ0n) is 13.4. The molecule has 1 aromatic carbocycles. The molecule has 0 bridgehead atoms. The van der Waals surface area contributed by atoms with Crippen molar-refractivity contribution in [3.8, 4) is 0 Å². The molecule has 1 unspecified atom stereocenters. The van der Waals surface area contributed by atoms with Crippen LogP contribution in [0.3, 0.4) is 0 Å². The zero-order valence-corrected chi connectivity index (χ0v) is 13.4. The second-order valence-electron chi connectivity index (χ2n) is 6.52. The third-order valence-electron chi connectivity index (χ3n) is 4.96. The molecule has 3 rings (SSSR count). The average molecular weight is 300 g/mol. The number of hydrogen-bond donors (Lipinski definition) is 0. The van der Waals surface area contributed by atoms with E-state index in [1.807, 2.05) is 43.0 Å². The number of amides is 2.